The van der Waals surface area contributed by atoms with E-state index in [1.165, 1.54) is 0 Å². The maximum Gasteiger partial charge on any atom is 0.495 e. The Kier molecular flexibility index (Phi) is 4.61. The van der Waals surface area contributed by atoms with Crippen molar-refractivity contribution >= 4 is 24.0 Å². The van der Waals surface area contributed by atoms with Gasteiger partial charge in [-0.15, -0.1) is 9.78 Å². The van der Waals surface area contributed by atoms with Crippen LogP contribution < -0.4 is 9.05 Å². The molecule has 0 spiro atoms. The van der Waals surface area contributed by atoms with Crippen LogP contribution in [0, 0.1) is 11.1 Å². The van der Waals surface area contributed by atoms with Gasteiger partial charge in [0, 0.05) is 4.52 Å². The fraction of sp³-hybridized carbons (Fsp3) is 0. The fourth-order valence-corrected chi connectivity index (χ4v) is 6.31. The van der Waals surface area contributed by atoms with Gasteiger partial charge >= 0.3 is 21.3 Å². The van der Waals surface area contributed by atoms with Gasteiger partial charge in [-0.05, 0) is 24.3 Å². The first-order valence-electron chi connectivity index (χ1n) is 6.24. The minimum absolute atomic E-state index is 0.420. The van der Waals surface area contributed by atoms with Crippen LogP contribution in [0.15, 0.2) is 74.2 Å². The molecule has 2 aromatic rings. The molecule has 2 aromatic carbocycles. The van der Waals surface area contributed by atoms with Gasteiger partial charge in [0.25, 0.3) is 0 Å². The van der Waals surface area contributed by atoms with Crippen LogP contribution in [0.5, 0.6) is 11.5 Å². The van der Waals surface area contributed by atoms with Crippen LogP contribution >= 0.6 is 24.0 Å². The minimum Gasteiger partial charge on any atom is -0.411 e. The molecule has 9 heteroatoms. The van der Waals surface area contributed by atoms with Crippen LogP contribution in [0.2, 0.25) is 0 Å². The van der Waals surface area contributed by atoms with Gasteiger partial charge in [0.2, 0.25) is 8.52 Å². The Balaban J connectivity index is 2.00. The standard InChI is InChI=1S/C13H10N4O2P3/c14-11-21-15-20-16-22(17-21,18-12-7-3-1-4-8-12)19-13-9-5-2-6-10-13/h1-10H/q+1. The summed E-state index contributed by atoms with van der Waals surface area (Å²) >= 11 is 0. The molecular weight excluding hydrogens is 337 g/mol. The molecule has 6 nitrogen and oxygen atoms in total. The Morgan fingerprint density at radius 1 is 0.955 bits per heavy atom. The van der Waals surface area contributed by atoms with Gasteiger partial charge in [0.15, 0.2) is 0 Å². The molecule has 1 aliphatic rings. The highest BCUT2D eigenvalue weighted by Crippen LogP contribution is 2.62. The van der Waals surface area contributed by atoms with Crippen LogP contribution in [0.3, 0.4) is 0 Å². The topological polar surface area (TPSA) is 79.3 Å². The van der Waals surface area contributed by atoms with Crippen molar-refractivity contribution in [2.24, 2.45) is 13.5 Å². The van der Waals surface area contributed by atoms with E-state index in [0.29, 0.717) is 20.0 Å². The van der Waals surface area contributed by atoms with Crippen molar-refractivity contribution in [1.82, 2.24) is 0 Å². The second-order valence-electron chi connectivity index (χ2n) is 4.05. The lowest BCUT2D eigenvalue weighted by Crippen LogP contribution is -1.98. The summed E-state index contributed by atoms with van der Waals surface area (Å²) in [6.07, 6.45) is 0. The maximum absolute atomic E-state index is 9.11. The maximum atomic E-state index is 9.11. The lowest BCUT2D eigenvalue weighted by Gasteiger charge is -2.17. The first-order chi connectivity index (χ1) is 10.8. The molecule has 1 aliphatic heterocycles. The molecule has 0 aromatic heterocycles. The molecule has 1 heterocycles. The zero-order chi connectivity index (χ0) is 15.3. The third kappa shape index (κ3) is 3.59. The smallest absolute Gasteiger partial charge is 0.411 e. The number of hydrogen-bond donors (Lipinski definition) is 0. The number of nitriles is 1. The van der Waals surface area contributed by atoms with Gasteiger partial charge in [-0.1, -0.05) is 36.4 Å². The summed E-state index contributed by atoms with van der Waals surface area (Å²) in [7, 11) is -4.04. The second-order valence-corrected chi connectivity index (χ2v) is 8.50. The molecule has 22 heavy (non-hydrogen) atoms. The lowest BCUT2D eigenvalue weighted by atomic mass is 10.3. The van der Waals surface area contributed by atoms with E-state index in [1.807, 2.05) is 36.4 Å². The van der Waals surface area contributed by atoms with Crippen LogP contribution in [-0.2, 0) is 0 Å². The van der Waals surface area contributed by atoms with Crippen molar-refractivity contribution in [2.45, 2.75) is 0 Å². The molecule has 0 fully saturated rings. The normalized spacial score (nSPS) is 17.5. The van der Waals surface area contributed by atoms with Gasteiger partial charge in [-0.3, -0.25) is 0 Å². The predicted octanol–water partition coefficient (Wildman–Crippen LogP) is 6.21. The summed E-state index contributed by atoms with van der Waals surface area (Å²) in [6, 6.07) is 18.4. The molecule has 108 valence electrons. The average Bonchev–Trinajstić information content (AvgIpc) is 2.56. The molecular formula is C13H10N4O2P3+. The monoisotopic (exact) mass is 347 g/mol. The number of hydrogen-bond acceptors (Lipinski definition) is 6. The number of benzene rings is 2. The highest BCUT2D eigenvalue weighted by Gasteiger charge is 2.36. The third-order valence-electron chi connectivity index (χ3n) is 2.50. The molecule has 0 aliphatic carbocycles. The summed E-state index contributed by atoms with van der Waals surface area (Å²) in [6.45, 7) is 0. The Bertz CT molecular complexity index is 771. The van der Waals surface area contributed by atoms with Gasteiger partial charge in [-0.25, -0.2) is 0 Å². The summed E-state index contributed by atoms with van der Waals surface area (Å²) in [4.78, 5) is 0. The zero-order valence-electron chi connectivity index (χ0n) is 11.2. The molecule has 0 saturated heterocycles. The molecule has 1 atom stereocenters. The van der Waals surface area contributed by atoms with Crippen molar-refractivity contribution in [2.75, 3.05) is 0 Å². The molecule has 3 rings (SSSR count). The van der Waals surface area contributed by atoms with Crippen LogP contribution in [0.25, 0.3) is 0 Å². The van der Waals surface area contributed by atoms with Gasteiger partial charge in [-0.2, -0.15) is 0 Å². The third-order valence-corrected chi connectivity index (χ3v) is 7.38. The Labute approximate surface area is 130 Å². The zero-order valence-corrected chi connectivity index (χ0v) is 13.9. The Morgan fingerprint density at radius 3 is 2.00 bits per heavy atom. The minimum atomic E-state index is -2.96. The van der Waals surface area contributed by atoms with Gasteiger partial charge in [0.1, 0.15) is 11.5 Å². The molecule has 1 unspecified atom stereocenters. The van der Waals surface area contributed by atoms with E-state index in [-0.39, 0.29) is 0 Å². The second kappa shape index (κ2) is 6.81. The molecule has 0 saturated carbocycles. The molecule has 0 N–H and O–H groups in total. The highest BCUT2D eigenvalue weighted by molar-refractivity contribution is 7.71. The molecule has 0 amide bonds. The summed E-state index contributed by atoms with van der Waals surface area (Å²) < 4.78 is 24.6. The van der Waals surface area contributed by atoms with E-state index in [4.69, 9.17) is 14.3 Å². The first-order valence-corrected chi connectivity index (χ1v) is 9.82. The van der Waals surface area contributed by atoms with Crippen LogP contribution in [-0.4, -0.2) is 0 Å². The van der Waals surface area contributed by atoms with Crippen molar-refractivity contribution in [1.29, 1.82) is 5.26 Å². The SMILES string of the molecule is N#C[P+]1=NP(Oc2ccccc2)(Oc2ccccc2)=NP=N1. The summed E-state index contributed by atoms with van der Waals surface area (Å²) in [5.41, 5.74) is 0. The fourth-order valence-electron chi connectivity index (χ4n) is 1.62. The quantitative estimate of drug-likeness (QED) is 0.617. The first kappa shape index (κ1) is 14.9. The van der Waals surface area contributed by atoms with Crippen molar-refractivity contribution in [3.63, 3.8) is 0 Å². The summed E-state index contributed by atoms with van der Waals surface area (Å²) in [5.74, 6) is 3.26. The number of rotatable bonds is 4. The van der Waals surface area contributed by atoms with Crippen molar-refractivity contribution in [3.05, 3.63) is 60.7 Å². The van der Waals surface area contributed by atoms with Crippen LogP contribution in [0.4, 0.5) is 0 Å². The molecule has 0 radical (unpaired) electrons. The number of nitrogens with zero attached hydrogens (tertiary/aromatic N) is 4. The Morgan fingerprint density at radius 2 is 1.50 bits per heavy atom. The molecule has 0 bridgehead atoms. The van der Waals surface area contributed by atoms with Gasteiger partial charge in [0.05, 0.1) is 4.52 Å². The largest absolute Gasteiger partial charge is 0.495 e. The highest BCUT2D eigenvalue weighted by atomic mass is 31.2. The van der Waals surface area contributed by atoms with Crippen molar-refractivity contribution in [3.8, 4) is 17.3 Å². The van der Waals surface area contributed by atoms with E-state index in [0.717, 1.165) is 0 Å². The van der Waals surface area contributed by atoms with E-state index in [1.54, 1.807) is 24.3 Å². The average molecular weight is 347 g/mol. The van der Waals surface area contributed by atoms with E-state index < -0.39 is 15.5 Å². The summed E-state index contributed by atoms with van der Waals surface area (Å²) in [5, 5.41) is 9.11. The predicted molar refractivity (Wildman–Crippen MR) is 87.8 cm³/mol. The van der Waals surface area contributed by atoms with E-state index >= 15 is 0 Å². The van der Waals surface area contributed by atoms with Crippen molar-refractivity contribution < 1.29 is 9.05 Å². The van der Waals surface area contributed by atoms with Gasteiger partial charge < -0.3 is 9.05 Å². The lowest BCUT2D eigenvalue weighted by molar-refractivity contribution is 0.478. The van der Waals surface area contributed by atoms with E-state index in [2.05, 4.69) is 19.4 Å². The van der Waals surface area contributed by atoms with Crippen LogP contribution in [0.1, 0.15) is 0 Å². The Hall–Kier alpha value is -2.04. The van der Waals surface area contributed by atoms with E-state index in [9.17, 15) is 0 Å². The number of para-hydroxylation sites is 2.